The highest BCUT2D eigenvalue weighted by Crippen LogP contribution is 2.27. The Balaban J connectivity index is 1.30. The second kappa shape index (κ2) is 9.92. The maximum atomic E-state index is 12.8. The number of fused-ring (bicyclic) bond motifs is 1. The average Bonchev–Trinajstić information content (AvgIpc) is 3.26. The third kappa shape index (κ3) is 5.19. The van der Waals surface area contributed by atoms with Crippen LogP contribution in [-0.4, -0.2) is 85.9 Å². The summed E-state index contributed by atoms with van der Waals surface area (Å²) in [6, 6.07) is 5.83. The summed E-state index contributed by atoms with van der Waals surface area (Å²) >= 11 is 1.37. The molecule has 1 amide bonds. The van der Waals surface area contributed by atoms with Gasteiger partial charge in [0.05, 0.1) is 40.9 Å². The molecule has 192 valence electrons. The Morgan fingerprint density at radius 1 is 1.30 bits per heavy atom. The van der Waals surface area contributed by atoms with Crippen LogP contribution in [0.1, 0.15) is 28.2 Å². The molecule has 0 bridgehead atoms. The van der Waals surface area contributed by atoms with E-state index < -0.39 is 5.69 Å². The summed E-state index contributed by atoms with van der Waals surface area (Å²) in [4.78, 5) is 42.5. The number of aromatic hydroxyl groups is 1. The molecule has 1 saturated heterocycles. The fraction of sp³-hybridized carbons (Fsp3) is 0.375. The highest BCUT2D eigenvalue weighted by atomic mass is 32.1. The van der Waals surface area contributed by atoms with E-state index >= 15 is 0 Å². The van der Waals surface area contributed by atoms with E-state index in [0.29, 0.717) is 33.5 Å². The molecule has 1 saturated carbocycles. The van der Waals surface area contributed by atoms with Crippen molar-refractivity contribution in [1.82, 2.24) is 34.8 Å². The van der Waals surface area contributed by atoms with Crippen molar-refractivity contribution in [2.45, 2.75) is 18.9 Å². The summed E-state index contributed by atoms with van der Waals surface area (Å²) in [6.07, 6.45) is 5.29. The van der Waals surface area contributed by atoms with Crippen molar-refractivity contribution < 1.29 is 14.6 Å². The van der Waals surface area contributed by atoms with Crippen LogP contribution in [0.25, 0.3) is 22.3 Å². The fourth-order valence-corrected chi connectivity index (χ4v) is 5.04. The normalized spacial score (nSPS) is 17.6. The average molecular weight is 523 g/mol. The third-order valence-corrected chi connectivity index (χ3v) is 7.38. The number of aromatic nitrogens is 5. The Labute approximate surface area is 214 Å². The second-order valence-electron chi connectivity index (χ2n) is 9.05. The number of carbonyl (C=O) groups is 1. The van der Waals surface area contributed by atoms with Crippen molar-refractivity contribution in [2.24, 2.45) is 4.99 Å². The topological polar surface area (TPSA) is 153 Å². The molecule has 37 heavy (non-hydrogen) atoms. The minimum Gasteiger partial charge on any atom is -0.493 e. The van der Waals surface area contributed by atoms with Crippen molar-refractivity contribution in [3.8, 4) is 16.5 Å². The molecule has 2 aliphatic rings. The van der Waals surface area contributed by atoms with Gasteiger partial charge in [-0.05, 0) is 31.1 Å². The number of amides is 1. The van der Waals surface area contributed by atoms with E-state index in [0.717, 1.165) is 50.6 Å². The minimum atomic E-state index is -0.507. The van der Waals surface area contributed by atoms with E-state index in [1.165, 1.54) is 11.3 Å². The molecule has 2 fully saturated rings. The molecule has 6 rings (SSSR count). The van der Waals surface area contributed by atoms with E-state index in [2.05, 4.69) is 25.3 Å². The minimum absolute atomic E-state index is 0.112. The summed E-state index contributed by atoms with van der Waals surface area (Å²) in [5.74, 6) is -0.371. The monoisotopic (exact) mass is 522 g/mol. The van der Waals surface area contributed by atoms with Crippen LogP contribution >= 0.6 is 11.3 Å². The van der Waals surface area contributed by atoms with E-state index in [9.17, 15) is 14.7 Å². The number of rotatable bonds is 7. The van der Waals surface area contributed by atoms with Crippen molar-refractivity contribution in [3.05, 3.63) is 56.2 Å². The number of hydrogen-bond donors (Lipinski definition) is 4. The van der Waals surface area contributed by atoms with Crippen LogP contribution in [0, 0.1) is 0 Å². The molecule has 4 N–H and O–H groups in total. The number of hydrogen-bond acceptors (Lipinski definition) is 9. The second-order valence-corrected chi connectivity index (χ2v) is 10.1. The zero-order valence-corrected chi connectivity index (χ0v) is 20.8. The number of H-pyrrole nitrogens is 2. The van der Waals surface area contributed by atoms with Crippen LogP contribution in [-0.2, 0) is 4.74 Å². The van der Waals surface area contributed by atoms with E-state index in [1.54, 1.807) is 22.9 Å². The molecule has 0 spiro atoms. The largest absolute Gasteiger partial charge is 0.493 e. The maximum Gasteiger partial charge on any atom is 0.326 e. The molecular formula is C24H26N8O4S. The lowest BCUT2D eigenvalue weighted by molar-refractivity contribution is 0.0383. The van der Waals surface area contributed by atoms with Crippen LogP contribution in [0.4, 0.5) is 0 Å². The fourth-order valence-electron chi connectivity index (χ4n) is 4.16. The Kier molecular flexibility index (Phi) is 6.32. The van der Waals surface area contributed by atoms with E-state index in [1.807, 2.05) is 12.1 Å². The first-order valence-corrected chi connectivity index (χ1v) is 13.0. The molecule has 0 unspecified atom stereocenters. The Morgan fingerprint density at radius 2 is 2.14 bits per heavy atom. The van der Waals surface area contributed by atoms with Crippen molar-refractivity contribution in [2.75, 3.05) is 39.4 Å². The lowest BCUT2D eigenvalue weighted by Crippen LogP contribution is -2.41. The zero-order valence-electron chi connectivity index (χ0n) is 19.9. The predicted molar refractivity (Wildman–Crippen MR) is 136 cm³/mol. The van der Waals surface area contributed by atoms with Crippen LogP contribution in [0.3, 0.4) is 0 Å². The molecule has 0 radical (unpaired) electrons. The molecule has 1 aliphatic heterocycles. The van der Waals surface area contributed by atoms with Gasteiger partial charge in [0.15, 0.2) is 11.1 Å². The van der Waals surface area contributed by atoms with Gasteiger partial charge in [0.1, 0.15) is 5.69 Å². The number of nitrogens with zero attached hydrogens (tertiary/aromatic N) is 5. The lowest BCUT2D eigenvalue weighted by Gasteiger charge is -2.26. The summed E-state index contributed by atoms with van der Waals surface area (Å²) in [5, 5.41) is 18.0. The van der Waals surface area contributed by atoms with Crippen molar-refractivity contribution in [1.29, 1.82) is 0 Å². The first kappa shape index (κ1) is 23.6. The van der Waals surface area contributed by atoms with Gasteiger partial charge >= 0.3 is 5.69 Å². The van der Waals surface area contributed by atoms with Crippen LogP contribution in [0.5, 0.6) is 5.88 Å². The van der Waals surface area contributed by atoms with Crippen molar-refractivity contribution in [3.63, 3.8) is 0 Å². The predicted octanol–water partition coefficient (Wildman–Crippen LogP) is -0.147. The molecular weight excluding hydrogens is 496 g/mol. The lowest BCUT2D eigenvalue weighted by atomic mass is 10.3. The Morgan fingerprint density at radius 3 is 2.89 bits per heavy atom. The van der Waals surface area contributed by atoms with Gasteiger partial charge in [-0.3, -0.25) is 19.7 Å². The van der Waals surface area contributed by atoms with Gasteiger partial charge in [0.2, 0.25) is 5.88 Å². The first-order valence-electron chi connectivity index (χ1n) is 12.2. The third-order valence-electron chi connectivity index (χ3n) is 6.28. The van der Waals surface area contributed by atoms with E-state index in [4.69, 9.17) is 14.7 Å². The number of thiophene rings is 1. The summed E-state index contributed by atoms with van der Waals surface area (Å²) in [5.41, 5.74) is 1.60. The number of morpholine rings is 1. The number of nitrogens with one attached hydrogen (secondary N) is 3. The Hall–Kier alpha value is -3.81. The number of ether oxygens (including phenoxy) is 1. The SMILES string of the molecule is O=C(NCCN1CCOCC1)c1ccc(-c2cc(=NC3CC3)n3nc/c(=C/c4[nH]c(=O)[nH]c4O)c3n2)s1. The standard InChI is InChI=1S/C24H26N8O4S/c33-22-17(29-24(35)30-22)11-14-13-26-32-20(27-15-1-2-15)12-16(28-21(14)32)18-3-4-19(37-18)23(34)25-5-6-31-7-9-36-10-8-31/h3-4,11-13,15,33H,1-2,5-10H2,(H,25,34)(H2,29,30,35)/b14-11-,27-20?. The number of carbonyl (C=O) groups excluding carboxylic acids is 1. The molecule has 0 aromatic carbocycles. The summed E-state index contributed by atoms with van der Waals surface area (Å²) < 4.78 is 7.02. The molecule has 4 aromatic rings. The molecule has 0 atom stereocenters. The van der Waals surface area contributed by atoms with Gasteiger partial charge in [0.25, 0.3) is 5.91 Å². The van der Waals surface area contributed by atoms with Crippen LogP contribution in [0.15, 0.2) is 34.2 Å². The van der Waals surface area contributed by atoms with Gasteiger partial charge in [-0.2, -0.15) is 9.61 Å². The quantitative estimate of drug-likeness (QED) is 0.263. The molecule has 5 heterocycles. The van der Waals surface area contributed by atoms with E-state index in [-0.39, 0.29) is 23.5 Å². The van der Waals surface area contributed by atoms with Gasteiger partial charge < -0.3 is 20.1 Å². The summed E-state index contributed by atoms with van der Waals surface area (Å²) in [6.45, 7) is 4.60. The van der Waals surface area contributed by atoms with Crippen LogP contribution in [0.2, 0.25) is 0 Å². The number of imidazole rings is 1. The highest BCUT2D eigenvalue weighted by Gasteiger charge is 2.21. The summed E-state index contributed by atoms with van der Waals surface area (Å²) in [7, 11) is 0. The Bertz CT molecular complexity index is 1620. The van der Waals surface area contributed by atoms with Gasteiger partial charge in [-0.15, -0.1) is 11.3 Å². The van der Waals surface area contributed by atoms with Gasteiger partial charge in [-0.1, -0.05) is 0 Å². The molecule has 1 aliphatic carbocycles. The highest BCUT2D eigenvalue weighted by molar-refractivity contribution is 7.17. The van der Waals surface area contributed by atoms with Crippen molar-refractivity contribution >= 4 is 29.0 Å². The number of aromatic amines is 2. The van der Waals surface area contributed by atoms with Gasteiger partial charge in [0, 0.05) is 37.5 Å². The van der Waals surface area contributed by atoms with Gasteiger partial charge in [-0.25, -0.2) is 9.78 Å². The maximum absolute atomic E-state index is 12.8. The molecule has 4 aromatic heterocycles. The van der Waals surface area contributed by atoms with Crippen LogP contribution < -0.4 is 21.7 Å². The smallest absolute Gasteiger partial charge is 0.326 e. The first-order chi connectivity index (χ1) is 18.0. The zero-order chi connectivity index (χ0) is 25.4. The molecule has 12 nitrogen and oxygen atoms in total. The molecule has 13 heteroatoms.